The number of benzene rings is 1. The minimum atomic E-state index is -0.577. The number of carbonyl (C=O) groups excluding carboxylic acids is 2. The Labute approximate surface area is 191 Å². The molecule has 3 aromatic rings. The Bertz CT molecular complexity index is 1030. The molecule has 6 nitrogen and oxygen atoms in total. The molecule has 0 radical (unpaired) electrons. The van der Waals surface area contributed by atoms with Crippen molar-refractivity contribution in [1.82, 2.24) is 9.38 Å². The van der Waals surface area contributed by atoms with Crippen LogP contribution >= 0.6 is 0 Å². The van der Waals surface area contributed by atoms with Crippen LogP contribution < -0.4 is 4.74 Å². The predicted octanol–water partition coefficient (Wildman–Crippen LogP) is 6.28. The molecule has 4 rings (SSSR count). The third-order valence-electron chi connectivity index (χ3n) is 4.61. The van der Waals surface area contributed by atoms with Crippen molar-refractivity contribution in [3.63, 3.8) is 0 Å². The summed E-state index contributed by atoms with van der Waals surface area (Å²) in [5.74, 6) is -0.527. The van der Waals surface area contributed by atoms with Gasteiger partial charge in [0.25, 0.3) is 0 Å². The Morgan fingerprint density at radius 3 is 2.12 bits per heavy atom. The summed E-state index contributed by atoms with van der Waals surface area (Å²) in [7, 11) is 0. The first-order chi connectivity index (χ1) is 15.5. The lowest BCUT2D eigenvalue weighted by Crippen LogP contribution is -2.14. The maximum absolute atomic E-state index is 13.0. The van der Waals surface area contributed by atoms with Gasteiger partial charge >= 0.3 is 5.97 Å². The maximum Gasteiger partial charge on any atom is 0.308 e. The fourth-order valence-corrected chi connectivity index (χ4v) is 3.11. The van der Waals surface area contributed by atoms with Gasteiger partial charge in [-0.2, -0.15) is 0 Å². The molecule has 2 aromatic heterocycles. The summed E-state index contributed by atoms with van der Waals surface area (Å²) in [5.41, 5.74) is 3.46. The Kier molecular flexibility index (Phi) is 10.8. The van der Waals surface area contributed by atoms with Crippen molar-refractivity contribution in [2.45, 2.75) is 74.5 Å². The lowest BCUT2D eigenvalue weighted by atomic mass is 10.0. The zero-order valence-corrected chi connectivity index (χ0v) is 20.7. The largest absolute Gasteiger partial charge is 0.422 e. The van der Waals surface area contributed by atoms with Crippen molar-refractivity contribution in [2.75, 3.05) is 0 Å². The third kappa shape index (κ3) is 5.82. The highest BCUT2D eigenvalue weighted by molar-refractivity contribution is 6.05. The van der Waals surface area contributed by atoms with Crippen LogP contribution in [0.5, 0.6) is 5.75 Å². The van der Waals surface area contributed by atoms with E-state index in [0.717, 1.165) is 17.0 Å². The minimum Gasteiger partial charge on any atom is -0.422 e. The number of imidazole rings is 1. The molecule has 1 aromatic carbocycles. The summed E-state index contributed by atoms with van der Waals surface area (Å²) in [6, 6.07) is 11.2. The van der Waals surface area contributed by atoms with Gasteiger partial charge in [0.2, 0.25) is 0 Å². The molecule has 1 aliphatic heterocycles. The lowest BCUT2D eigenvalue weighted by molar-refractivity contribution is -0.131. The normalized spacial score (nSPS) is 15.8. The number of epoxide rings is 1. The average molecular weight is 441 g/mol. The highest BCUT2D eigenvalue weighted by Gasteiger charge is 2.47. The fourth-order valence-electron chi connectivity index (χ4n) is 3.11. The van der Waals surface area contributed by atoms with Crippen LogP contribution in [0.1, 0.15) is 81.9 Å². The van der Waals surface area contributed by atoms with Crippen molar-refractivity contribution in [2.24, 2.45) is 0 Å². The predicted molar refractivity (Wildman–Crippen MR) is 128 cm³/mol. The maximum atomic E-state index is 13.0. The van der Waals surface area contributed by atoms with Gasteiger partial charge in [-0.05, 0) is 25.5 Å². The standard InChI is InChI=1S/C20H18N2O4.3C2H6/c1-11-12(2)22-10-9-15(18(20(22)21-11)25-13(3)23)16(24)19-17(26-19)14-7-5-4-6-8-14;3*1-2/h4-10,17,19H,1-3H3;3*1-2H3. The summed E-state index contributed by atoms with van der Waals surface area (Å²) in [4.78, 5) is 29.0. The molecule has 174 valence electrons. The van der Waals surface area contributed by atoms with Crippen LogP contribution in [0.3, 0.4) is 0 Å². The van der Waals surface area contributed by atoms with Gasteiger partial charge in [-0.1, -0.05) is 71.9 Å². The number of aromatic nitrogens is 2. The summed E-state index contributed by atoms with van der Waals surface area (Å²) < 4.78 is 12.8. The zero-order chi connectivity index (χ0) is 24.4. The van der Waals surface area contributed by atoms with E-state index >= 15 is 0 Å². The first-order valence-corrected chi connectivity index (χ1v) is 11.4. The van der Waals surface area contributed by atoms with Gasteiger partial charge in [0.1, 0.15) is 6.10 Å². The molecule has 32 heavy (non-hydrogen) atoms. The number of pyridine rings is 1. The molecule has 0 bridgehead atoms. The number of ketones is 1. The fraction of sp³-hybridized carbons (Fsp3) is 0.423. The van der Waals surface area contributed by atoms with Gasteiger partial charge in [0, 0.05) is 18.8 Å². The molecule has 3 heterocycles. The summed E-state index contributed by atoms with van der Waals surface area (Å²) in [5, 5.41) is 0. The van der Waals surface area contributed by atoms with E-state index in [-0.39, 0.29) is 17.6 Å². The molecule has 0 aliphatic carbocycles. The van der Waals surface area contributed by atoms with Crippen LogP contribution in [-0.4, -0.2) is 27.2 Å². The van der Waals surface area contributed by atoms with Crippen LogP contribution in [0, 0.1) is 13.8 Å². The van der Waals surface area contributed by atoms with E-state index in [4.69, 9.17) is 9.47 Å². The van der Waals surface area contributed by atoms with Crippen molar-refractivity contribution in [3.05, 3.63) is 65.1 Å². The third-order valence-corrected chi connectivity index (χ3v) is 4.61. The Hall–Kier alpha value is -2.99. The van der Waals surface area contributed by atoms with Crippen molar-refractivity contribution < 1.29 is 19.1 Å². The molecular formula is C26H36N2O4. The second-order valence-electron chi connectivity index (χ2n) is 6.38. The number of esters is 1. The second-order valence-corrected chi connectivity index (χ2v) is 6.38. The molecule has 0 N–H and O–H groups in total. The van der Waals surface area contributed by atoms with Crippen LogP contribution in [0.4, 0.5) is 0 Å². The summed E-state index contributed by atoms with van der Waals surface area (Å²) >= 11 is 0. The number of hydrogen-bond donors (Lipinski definition) is 0. The molecule has 0 amide bonds. The number of rotatable bonds is 4. The van der Waals surface area contributed by atoms with Crippen LogP contribution in [0.2, 0.25) is 0 Å². The minimum absolute atomic E-state index is 0.184. The SMILES string of the molecule is CC.CC.CC.CC(=O)Oc1c(C(=O)C2OC2c2ccccc2)ccn2c(C)c(C)nc12. The van der Waals surface area contributed by atoms with Gasteiger partial charge in [-0.3, -0.25) is 9.59 Å². The second kappa shape index (κ2) is 12.8. The molecule has 0 spiro atoms. The number of nitrogens with zero attached hydrogens (tertiary/aromatic N) is 2. The van der Waals surface area contributed by atoms with Crippen molar-refractivity contribution in [1.29, 1.82) is 0 Å². The van der Waals surface area contributed by atoms with Crippen LogP contribution in [0.15, 0.2) is 42.6 Å². The summed E-state index contributed by atoms with van der Waals surface area (Å²) in [6.07, 6.45) is 0.921. The van der Waals surface area contributed by atoms with E-state index in [1.807, 2.05) is 90.1 Å². The molecule has 1 fully saturated rings. The molecule has 6 heteroatoms. The summed E-state index contributed by atoms with van der Waals surface area (Å²) in [6.45, 7) is 17.1. The highest BCUT2D eigenvalue weighted by Crippen LogP contribution is 2.42. The van der Waals surface area contributed by atoms with E-state index < -0.39 is 12.1 Å². The molecule has 1 saturated heterocycles. The van der Waals surface area contributed by atoms with E-state index in [1.54, 1.807) is 12.3 Å². The average Bonchev–Trinajstić information content (AvgIpc) is 3.59. The van der Waals surface area contributed by atoms with Crippen molar-refractivity contribution >= 4 is 17.4 Å². The smallest absolute Gasteiger partial charge is 0.308 e. The van der Waals surface area contributed by atoms with Gasteiger partial charge in [-0.25, -0.2) is 4.98 Å². The number of fused-ring (bicyclic) bond motifs is 1. The first kappa shape index (κ1) is 27.0. The van der Waals surface area contributed by atoms with Crippen LogP contribution in [-0.2, 0) is 9.53 Å². The number of ether oxygens (including phenoxy) is 2. The van der Waals surface area contributed by atoms with E-state index in [1.165, 1.54) is 6.92 Å². The van der Waals surface area contributed by atoms with Crippen LogP contribution in [0.25, 0.3) is 5.65 Å². The van der Waals surface area contributed by atoms with Gasteiger partial charge in [0.15, 0.2) is 23.3 Å². The Morgan fingerprint density at radius 1 is 0.969 bits per heavy atom. The highest BCUT2D eigenvalue weighted by atomic mass is 16.6. The molecule has 1 aliphatic rings. The van der Waals surface area contributed by atoms with E-state index in [9.17, 15) is 9.59 Å². The Balaban J connectivity index is 0.000000789. The zero-order valence-electron chi connectivity index (χ0n) is 20.7. The molecule has 2 atom stereocenters. The van der Waals surface area contributed by atoms with Gasteiger partial charge < -0.3 is 13.9 Å². The Morgan fingerprint density at radius 2 is 1.56 bits per heavy atom. The number of aryl methyl sites for hydroxylation is 2. The number of carbonyl (C=O) groups is 2. The number of Topliss-reactive ketones (excluding diaryl/α,β-unsaturated/α-hetero) is 1. The van der Waals surface area contributed by atoms with E-state index in [0.29, 0.717) is 11.2 Å². The first-order valence-electron chi connectivity index (χ1n) is 11.4. The van der Waals surface area contributed by atoms with Gasteiger partial charge in [0.05, 0.1) is 11.3 Å². The topological polar surface area (TPSA) is 73.2 Å². The van der Waals surface area contributed by atoms with E-state index in [2.05, 4.69) is 4.98 Å². The van der Waals surface area contributed by atoms with Crippen molar-refractivity contribution in [3.8, 4) is 5.75 Å². The quantitative estimate of drug-likeness (QED) is 0.271. The molecular weight excluding hydrogens is 404 g/mol. The lowest BCUT2D eigenvalue weighted by Gasteiger charge is -2.09. The molecule has 0 saturated carbocycles. The monoisotopic (exact) mass is 440 g/mol. The number of hydrogen-bond acceptors (Lipinski definition) is 5. The van der Waals surface area contributed by atoms with Gasteiger partial charge in [-0.15, -0.1) is 0 Å². The molecule has 2 unspecified atom stereocenters.